The molecule has 3 unspecified atom stereocenters. The van der Waals surface area contributed by atoms with Crippen molar-refractivity contribution in [1.82, 2.24) is 44.8 Å². The molecule has 3 aliphatic heterocycles. The van der Waals surface area contributed by atoms with Crippen LogP contribution in [0.2, 0.25) is 0 Å². The molecule has 8 N–H and O–H groups in total. The van der Waals surface area contributed by atoms with Gasteiger partial charge >= 0.3 is 60.3 Å². The summed E-state index contributed by atoms with van der Waals surface area (Å²) in [6.07, 6.45) is -11.1. The van der Waals surface area contributed by atoms with E-state index in [1.807, 2.05) is 6.07 Å². The number of aromatic nitrogens is 3. The van der Waals surface area contributed by atoms with Gasteiger partial charge < -0.3 is 62.7 Å². The van der Waals surface area contributed by atoms with E-state index in [0.29, 0.717) is 103 Å². The number of ether oxygens (including phenoxy) is 4. The van der Waals surface area contributed by atoms with Gasteiger partial charge in [0.1, 0.15) is 23.4 Å². The first kappa shape index (κ1) is 98.1. The molecule has 0 saturated carbocycles. The molecule has 654 valence electrons. The smallest absolute Gasteiger partial charge is 1.00 e. The molecule has 6 heterocycles. The van der Waals surface area contributed by atoms with Gasteiger partial charge in [-0.25, -0.2) is 24.5 Å². The first-order valence-corrected chi connectivity index (χ1v) is 39.3. The number of nitrogens with one attached hydrogen (secondary N) is 1. The van der Waals surface area contributed by atoms with Crippen LogP contribution >= 0.6 is 15.9 Å². The second kappa shape index (κ2) is 40.5. The Hall–Kier alpha value is -12.4. The summed E-state index contributed by atoms with van der Waals surface area (Å²) in [5, 5.41) is 12.8. The third-order valence-electron chi connectivity index (χ3n) is 18.9. The van der Waals surface area contributed by atoms with Crippen LogP contribution in [0.15, 0.2) is 250 Å². The van der Waals surface area contributed by atoms with Gasteiger partial charge in [0.25, 0.3) is 17.7 Å². The quantitative estimate of drug-likeness (QED) is 0.0407. The van der Waals surface area contributed by atoms with E-state index in [0.717, 1.165) is 53.1 Å². The number of benzene rings is 6. The van der Waals surface area contributed by atoms with Crippen LogP contribution in [0.3, 0.4) is 0 Å². The number of amides is 5. The van der Waals surface area contributed by atoms with E-state index >= 15 is 0 Å². The van der Waals surface area contributed by atoms with Gasteiger partial charge in [-0.2, -0.15) is 39.5 Å². The molecule has 125 heavy (non-hydrogen) atoms. The molecule has 3 atom stereocenters. The molecule has 3 fully saturated rings. The Bertz CT molecular complexity index is 5540. The number of piperazine rings is 3. The largest absolute Gasteiger partial charge is 1.00 e. The first-order valence-electron chi connectivity index (χ1n) is 38.4. The number of nitrogens with zero attached hydrogens (tertiary/aromatic N) is 8. The summed E-state index contributed by atoms with van der Waals surface area (Å²) in [7, 11) is 0. The van der Waals surface area contributed by atoms with Crippen molar-refractivity contribution in [2.45, 2.75) is 116 Å². The van der Waals surface area contributed by atoms with Gasteiger partial charge in [0.15, 0.2) is 34.7 Å². The van der Waals surface area contributed by atoms with Crippen LogP contribution < -0.4 is 61.5 Å². The van der Waals surface area contributed by atoms with Crippen LogP contribution in [0.5, 0.6) is 17.2 Å². The normalized spacial score (nSPS) is 14.6. The van der Waals surface area contributed by atoms with E-state index in [-0.39, 0.29) is 114 Å². The van der Waals surface area contributed by atoms with Crippen molar-refractivity contribution in [3.63, 3.8) is 0 Å². The standard InChI is InChI=1S/C33H35F3N4O4.C27H25F3N4O2.C23H26N4O4.C9H8BrF3.Na.H/c1-19-13-24(11-12-27(19)30(41)39-17-20(2)40(21(3)18-39)31(42)44-32(5,6)7)25-15-28(29(37)38-16-25)43-22(4)23-9-8-10-26(14-23)33(34,35)36;1-16-14-34(15-17(2)33-16)26(35)20-9-7-19(8-10-20)22-12-24(25(31)32-13-22)36-18(3)21-5-4-6-23(11-21)27(28,29)30;1-14-12-26(13-15(2)27(14)22(30)31-23(3,4)5)21(29)17-8-6-16(7-9-17)18-10-19(28)20(24)25-11-18;1-6(10)7-3-2-4-8(5-7)9(11,12)13;;/h8-16,22H,2-3,17-18H2,1,4-7H3,(H2,37,38);4-13,18,33H,1-2,14-15H2,3H3,(H2,31,32);6-11,28H,1-2,12-13H2,3-5H3,(H2,24,25);2-6H,1H3;;/q;;;;+1;-1. The maximum atomic E-state index is 13.5. The Morgan fingerprint density at radius 2 is 0.776 bits per heavy atom. The molecule has 22 nitrogen and oxygen atoms in total. The summed E-state index contributed by atoms with van der Waals surface area (Å²) in [5.41, 5.74) is 24.8. The fourth-order valence-corrected chi connectivity index (χ4v) is 13.1. The number of aromatic hydroxyl groups is 1. The van der Waals surface area contributed by atoms with Crippen molar-refractivity contribution >= 4 is 63.3 Å². The average Bonchev–Trinajstić information content (AvgIpc) is 0.790. The number of rotatable bonds is 13. The van der Waals surface area contributed by atoms with Gasteiger partial charge in [0.05, 0.1) is 56.0 Å². The van der Waals surface area contributed by atoms with E-state index in [9.17, 15) is 68.6 Å². The van der Waals surface area contributed by atoms with Crippen molar-refractivity contribution in [1.29, 1.82) is 0 Å². The molecule has 0 bridgehead atoms. The number of alkyl halides is 10. The Kier molecular flexibility index (Phi) is 31.8. The summed E-state index contributed by atoms with van der Waals surface area (Å²) in [6.45, 7) is 42.4. The predicted molar refractivity (Wildman–Crippen MR) is 461 cm³/mol. The van der Waals surface area contributed by atoms with Crippen LogP contribution in [0.25, 0.3) is 33.4 Å². The molecule has 0 aliphatic carbocycles. The zero-order valence-corrected chi connectivity index (χ0v) is 74.3. The van der Waals surface area contributed by atoms with Gasteiger partial charge in [-0.1, -0.05) is 134 Å². The number of nitrogens with two attached hydrogens (primary N) is 3. The molecule has 33 heteroatoms. The molecule has 3 saturated heterocycles. The number of halogens is 10. The minimum atomic E-state index is -4.47. The molecular weight excluding hydrogens is 1710 g/mol. The van der Waals surface area contributed by atoms with Crippen molar-refractivity contribution in [2.75, 3.05) is 56.5 Å². The number of carbonyl (C=O) groups excluding carboxylic acids is 5. The fraction of sp³-hybridized carbons (Fsp3) is 0.261. The second-order valence-electron chi connectivity index (χ2n) is 31.2. The Balaban J connectivity index is 0.000000242. The van der Waals surface area contributed by atoms with Crippen molar-refractivity contribution in [2.24, 2.45) is 0 Å². The van der Waals surface area contributed by atoms with Crippen molar-refractivity contribution < 1.29 is 119 Å². The number of nitrogen functional groups attached to an aromatic ring is 3. The van der Waals surface area contributed by atoms with Gasteiger partial charge in [0.2, 0.25) is 0 Å². The van der Waals surface area contributed by atoms with Crippen LogP contribution in [0.1, 0.15) is 151 Å². The van der Waals surface area contributed by atoms with E-state index in [4.69, 9.17) is 36.1 Å². The third kappa shape index (κ3) is 26.3. The molecule has 5 amide bonds. The SMILES string of the molecule is C=C1CN(C(=O)c2ccc(-c3cnc(N)c(O)c3)cc2)CC(=C)N1C(=O)OC(C)(C)C.C=C1CN(C(=O)c2ccc(-c3cnc(N)c(OC(C)c4cccc(C(F)(F)F)c4)c3)cc2)CC(=C)N1.C=C1CN(C(=O)c2ccc(-c3cnc(N)c(OC(C)c4cccc(C(F)(F)F)c4)c3)cc2C)CC(=C)N1C(=O)OC(C)(C)C.CC(Br)c1cccc(C(F)(F)F)c1.[H-].[Na+]. The van der Waals surface area contributed by atoms with Gasteiger partial charge in [0, 0.05) is 91.0 Å². The molecule has 6 aromatic carbocycles. The van der Waals surface area contributed by atoms with Crippen LogP contribution in [-0.4, -0.2) is 125 Å². The van der Waals surface area contributed by atoms with E-state index in [2.05, 4.69) is 75.7 Å². The monoisotopic (exact) mass is 1800 g/mol. The summed E-state index contributed by atoms with van der Waals surface area (Å²) in [6, 6.07) is 39.2. The minimum absolute atomic E-state index is 0. The van der Waals surface area contributed by atoms with Crippen LogP contribution in [-0.2, 0) is 28.0 Å². The first-order chi connectivity index (χ1) is 57.8. The molecule has 3 aromatic heterocycles. The van der Waals surface area contributed by atoms with E-state index in [1.165, 1.54) is 34.1 Å². The van der Waals surface area contributed by atoms with Gasteiger partial charge in [-0.3, -0.25) is 24.2 Å². The Labute approximate surface area is 750 Å². The van der Waals surface area contributed by atoms with Crippen LogP contribution in [0.4, 0.5) is 66.6 Å². The zero-order chi connectivity index (χ0) is 91.6. The molecular formula is C92H95BrF9N12NaO10. The summed E-state index contributed by atoms with van der Waals surface area (Å²) >= 11 is 3.22. The predicted octanol–water partition coefficient (Wildman–Crippen LogP) is 18.1. The number of hydrogen-bond acceptors (Lipinski definition) is 17. The Morgan fingerprint density at radius 3 is 1.13 bits per heavy atom. The van der Waals surface area contributed by atoms with Gasteiger partial charge in [-0.05, 0) is 187 Å². The maximum absolute atomic E-state index is 13.5. The summed E-state index contributed by atoms with van der Waals surface area (Å²) in [5.74, 6) is 0.00966. The topological polar surface area (TPSA) is 287 Å². The third-order valence-corrected chi connectivity index (χ3v) is 19.4. The Morgan fingerprint density at radius 1 is 0.448 bits per heavy atom. The summed E-state index contributed by atoms with van der Waals surface area (Å²) < 4.78 is 138. The number of hydrogen-bond donors (Lipinski definition) is 5. The van der Waals surface area contributed by atoms with E-state index < -0.39 is 70.8 Å². The number of anilines is 3. The maximum Gasteiger partial charge on any atom is 1.00 e. The number of aryl methyl sites for hydroxylation is 1. The molecule has 3 aliphatic rings. The average molecular weight is 1800 g/mol. The molecule has 9 aromatic rings. The minimum Gasteiger partial charge on any atom is -1.00 e. The van der Waals surface area contributed by atoms with E-state index in [1.54, 1.807) is 194 Å². The van der Waals surface area contributed by atoms with Crippen LogP contribution in [0, 0.1) is 6.92 Å². The summed E-state index contributed by atoms with van der Waals surface area (Å²) in [4.78, 5) is 84.1. The van der Waals surface area contributed by atoms with Gasteiger partial charge in [-0.15, -0.1) is 0 Å². The van der Waals surface area contributed by atoms with Crippen molar-refractivity contribution in [3.05, 3.63) is 306 Å². The second-order valence-corrected chi connectivity index (χ2v) is 32.6. The molecule has 12 rings (SSSR count). The molecule has 0 spiro atoms. The fourth-order valence-electron chi connectivity index (χ4n) is 12.8. The number of carbonyl (C=O) groups is 5. The molecule has 0 radical (unpaired) electrons. The zero-order valence-electron chi connectivity index (χ0n) is 71.7. The van der Waals surface area contributed by atoms with Crippen molar-refractivity contribution in [3.8, 4) is 50.6 Å². The number of pyridine rings is 3.